The molecule has 0 spiro atoms. The normalized spacial score (nSPS) is 15.2. The van der Waals surface area contributed by atoms with Crippen LogP contribution < -0.4 is 5.32 Å². The molecule has 1 atom stereocenters. The number of hydrogen-bond acceptors (Lipinski definition) is 3. The first-order valence-electron chi connectivity index (χ1n) is 6.54. The summed E-state index contributed by atoms with van der Waals surface area (Å²) in [6, 6.07) is 0. The van der Waals surface area contributed by atoms with Crippen LogP contribution in [-0.4, -0.2) is 28.4 Å². The van der Waals surface area contributed by atoms with Crippen molar-refractivity contribution in [3.05, 3.63) is 12.2 Å². The molecule has 4 heteroatoms. The molecule has 4 nitrogen and oxygen atoms in total. The van der Waals surface area contributed by atoms with Gasteiger partial charge in [0.25, 0.3) is 0 Å². The number of aryl methyl sites for hydroxylation is 1. The van der Waals surface area contributed by atoms with E-state index in [1.165, 1.54) is 0 Å². The molecule has 0 fully saturated rings. The number of aromatic nitrogens is 3. The van der Waals surface area contributed by atoms with Crippen LogP contribution in [0.1, 0.15) is 39.9 Å². The Hall–Kier alpha value is -0.900. The first-order valence-corrected chi connectivity index (χ1v) is 6.54. The van der Waals surface area contributed by atoms with E-state index < -0.39 is 0 Å². The Bertz CT molecular complexity index is 332. The average molecular weight is 238 g/mol. The van der Waals surface area contributed by atoms with Gasteiger partial charge in [-0.05, 0) is 24.8 Å². The molecular formula is C13H26N4. The Morgan fingerprint density at radius 1 is 1.47 bits per heavy atom. The molecular weight excluding hydrogens is 212 g/mol. The fraction of sp³-hybridized carbons (Fsp3) is 0.846. The van der Waals surface area contributed by atoms with Crippen molar-refractivity contribution in [2.75, 3.05) is 13.6 Å². The standard InChI is InChI=1S/C13H26N4/c1-6-7-17-12(15-10-16-17)8-13(4,9-14-5)11(2)3/h10-11,14H,6-9H2,1-5H3. The zero-order chi connectivity index (χ0) is 12.9. The lowest BCUT2D eigenvalue weighted by Crippen LogP contribution is -2.37. The minimum atomic E-state index is 0.229. The van der Waals surface area contributed by atoms with Gasteiger partial charge in [0.15, 0.2) is 0 Å². The van der Waals surface area contributed by atoms with E-state index >= 15 is 0 Å². The van der Waals surface area contributed by atoms with Gasteiger partial charge in [-0.2, -0.15) is 5.10 Å². The molecule has 1 rings (SSSR count). The minimum Gasteiger partial charge on any atom is -0.319 e. The lowest BCUT2D eigenvalue weighted by molar-refractivity contribution is 0.205. The van der Waals surface area contributed by atoms with Crippen LogP contribution >= 0.6 is 0 Å². The van der Waals surface area contributed by atoms with E-state index in [9.17, 15) is 0 Å². The van der Waals surface area contributed by atoms with Gasteiger partial charge < -0.3 is 5.32 Å². The summed E-state index contributed by atoms with van der Waals surface area (Å²) in [5.41, 5.74) is 0.229. The highest BCUT2D eigenvalue weighted by Gasteiger charge is 2.29. The van der Waals surface area contributed by atoms with Crippen molar-refractivity contribution in [3.8, 4) is 0 Å². The summed E-state index contributed by atoms with van der Waals surface area (Å²) < 4.78 is 2.04. The van der Waals surface area contributed by atoms with E-state index in [2.05, 4.69) is 43.1 Å². The highest BCUT2D eigenvalue weighted by Crippen LogP contribution is 2.29. The second kappa shape index (κ2) is 6.15. The van der Waals surface area contributed by atoms with Gasteiger partial charge in [-0.15, -0.1) is 0 Å². The van der Waals surface area contributed by atoms with Crippen molar-refractivity contribution in [3.63, 3.8) is 0 Å². The third-order valence-electron chi connectivity index (χ3n) is 3.67. The zero-order valence-corrected chi connectivity index (χ0v) is 11.8. The molecule has 0 saturated heterocycles. The van der Waals surface area contributed by atoms with Gasteiger partial charge in [-0.3, -0.25) is 4.68 Å². The number of rotatable bonds is 7. The van der Waals surface area contributed by atoms with Crippen LogP contribution in [0.2, 0.25) is 0 Å². The van der Waals surface area contributed by atoms with Gasteiger partial charge in [0, 0.05) is 19.5 Å². The molecule has 1 aromatic heterocycles. The van der Waals surface area contributed by atoms with Crippen LogP contribution in [-0.2, 0) is 13.0 Å². The molecule has 0 aromatic carbocycles. The molecule has 1 N–H and O–H groups in total. The first-order chi connectivity index (χ1) is 8.03. The minimum absolute atomic E-state index is 0.229. The molecule has 17 heavy (non-hydrogen) atoms. The van der Waals surface area contributed by atoms with E-state index in [1.54, 1.807) is 6.33 Å². The van der Waals surface area contributed by atoms with E-state index in [4.69, 9.17) is 0 Å². The van der Waals surface area contributed by atoms with Gasteiger partial charge in [-0.25, -0.2) is 4.98 Å². The summed E-state index contributed by atoms with van der Waals surface area (Å²) in [7, 11) is 2.01. The molecule has 98 valence electrons. The van der Waals surface area contributed by atoms with Crippen molar-refractivity contribution < 1.29 is 0 Å². The largest absolute Gasteiger partial charge is 0.319 e. The summed E-state index contributed by atoms with van der Waals surface area (Å²) in [6.45, 7) is 11.0. The van der Waals surface area contributed by atoms with Crippen LogP contribution in [0.5, 0.6) is 0 Å². The van der Waals surface area contributed by atoms with Crippen molar-refractivity contribution in [1.29, 1.82) is 0 Å². The smallest absolute Gasteiger partial charge is 0.138 e. The van der Waals surface area contributed by atoms with Gasteiger partial charge >= 0.3 is 0 Å². The maximum atomic E-state index is 4.41. The maximum absolute atomic E-state index is 4.41. The Morgan fingerprint density at radius 2 is 2.18 bits per heavy atom. The molecule has 0 amide bonds. The molecule has 0 bridgehead atoms. The molecule has 1 heterocycles. The van der Waals surface area contributed by atoms with Crippen molar-refractivity contribution in [2.45, 2.75) is 47.1 Å². The molecule has 1 unspecified atom stereocenters. The SMILES string of the molecule is CCCn1ncnc1CC(C)(CNC)C(C)C. The summed E-state index contributed by atoms with van der Waals surface area (Å²) in [6.07, 6.45) is 3.75. The average Bonchev–Trinajstić information content (AvgIpc) is 2.66. The predicted molar refractivity (Wildman–Crippen MR) is 70.9 cm³/mol. The number of nitrogens with one attached hydrogen (secondary N) is 1. The third-order valence-corrected chi connectivity index (χ3v) is 3.67. The highest BCUT2D eigenvalue weighted by molar-refractivity contribution is 4.94. The summed E-state index contributed by atoms with van der Waals surface area (Å²) in [5, 5.41) is 7.59. The lowest BCUT2D eigenvalue weighted by Gasteiger charge is -2.33. The molecule has 0 aliphatic heterocycles. The van der Waals surface area contributed by atoms with Crippen molar-refractivity contribution >= 4 is 0 Å². The predicted octanol–water partition coefficient (Wildman–Crippen LogP) is 2.11. The molecule has 0 aliphatic carbocycles. The van der Waals surface area contributed by atoms with Gasteiger partial charge in [0.2, 0.25) is 0 Å². The molecule has 0 radical (unpaired) electrons. The molecule has 0 aliphatic rings. The van der Waals surface area contributed by atoms with Crippen LogP contribution in [0.4, 0.5) is 0 Å². The summed E-state index contributed by atoms with van der Waals surface area (Å²) in [5.74, 6) is 1.72. The second-order valence-electron chi connectivity index (χ2n) is 5.42. The highest BCUT2D eigenvalue weighted by atomic mass is 15.3. The van der Waals surface area contributed by atoms with E-state index in [0.717, 1.165) is 31.8 Å². The second-order valence-corrected chi connectivity index (χ2v) is 5.42. The number of hydrogen-bond donors (Lipinski definition) is 1. The quantitative estimate of drug-likeness (QED) is 0.791. The zero-order valence-electron chi connectivity index (χ0n) is 11.8. The monoisotopic (exact) mass is 238 g/mol. The molecule has 0 saturated carbocycles. The maximum Gasteiger partial charge on any atom is 0.138 e. The van der Waals surface area contributed by atoms with Crippen LogP contribution in [0.25, 0.3) is 0 Å². The van der Waals surface area contributed by atoms with Crippen LogP contribution in [0, 0.1) is 11.3 Å². The van der Waals surface area contributed by atoms with Gasteiger partial charge in [0.05, 0.1) is 0 Å². The fourth-order valence-electron chi connectivity index (χ4n) is 2.06. The Labute approximate surface area is 105 Å². The van der Waals surface area contributed by atoms with E-state index in [0.29, 0.717) is 5.92 Å². The van der Waals surface area contributed by atoms with Crippen molar-refractivity contribution in [1.82, 2.24) is 20.1 Å². The fourth-order valence-corrected chi connectivity index (χ4v) is 2.06. The lowest BCUT2D eigenvalue weighted by atomic mass is 9.76. The first kappa shape index (κ1) is 14.2. The van der Waals surface area contributed by atoms with Crippen molar-refractivity contribution in [2.24, 2.45) is 11.3 Å². The Kier molecular flexibility index (Phi) is 5.12. The van der Waals surface area contributed by atoms with Gasteiger partial charge in [-0.1, -0.05) is 27.7 Å². The van der Waals surface area contributed by atoms with E-state index in [1.807, 2.05) is 11.7 Å². The van der Waals surface area contributed by atoms with Gasteiger partial charge in [0.1, 0.15) is 12.2 Å². The third kappa shape index (κ3) is 3.53. The Morgan fingerprint density at radius 3 is 2.71 bits per heavy atom. The Balaban J connectivity index is 2.82. The topological polar surface area (TPSA) is 42.7 Å². The van der Waals surface area contributed by atoms with E-state index in [-0.39, 0.29) is 5.41 Å². The summed E-state index contributed by atoms with van der Waals surface area (Å²) >= 11 is 0. The van der Waals surface area contributed by atoms with Crippen LogP contribution in [0.3, 0.4) is 0 Å². The molecule has 1 aromatic rings. The summed E-state index contributed by atoms with van der Waals surface area (Å²) in [4.78, 5) is 4.41. The van der Waals surface area contributed by atoms with Crippen LogP contribution in [0.15, 0.2) is 6.33 Å². The number of nitrogens with zero attached hydrogens (tertiary/aromatic N) is 3.